The largest absolute Gasteiger partial charge is 0.405 e. The predicted molar refractivity (Wildman–Crippen MR) is 97.0 cm³/mol. The number of carbonyl (C=O) groups is 1. The zero-order valence-electron chi connectivity index (χ0n) is 14.4. The summed E-state index contributed by atoms with van der Waals surface area (Å²) in [5.74, 6) is 4.49. The SMILES string of the molecule is [B]c1cc(C(=O)NN)nc2c(C(C)(C)C)cc(NCC(F)(F)F)c(Cl)c12. The van der Waals surface area contributed by atoms with Gasteiger partial charge in [0.15, 0.2) is 0 Å². The van der Waals surface area contributed by atoms with E-state index in [-0.39, 0.29) is 27.3 Å². The second-order valence-corrected chi connectivity index (χ2v) is 7.18. The molecule has 0 bridgehead atoms. The average Bonchev–Trinajstić information content (AvgIpc) is 2.50. The van der Waals surface area contributed by atoms with Gasteiger partial charge in [0.05, 0.1) is 16.2 Å². The quantitative estimate of drug-likeness (QED) is 0.329. The second kappa shape index (κ2) is 6.96. The summed E-state index contributed by atoms with van der Waals surface area (Å²) in [6.45, 7) is 4.33. The van der Waals surface area contributed by atoms with Gasteiger partial charge in [0.1, 0.15) is 20.1 Å². The molecular weight excluding hydrogens is 367 g/mol. The van der Waals surface area contributed by atoms with Gasteiger partial charge >= 0.3 is 6.18 Å². The topological polar surface area (TPSA) is 80.0 Å². The van der Waals surface area contributed by atoms with E-state index < -0.39 is 24.0 Å². The van der Waals surface area contributed by atoms with Crippen molar-refractivity contribution in [2.45, 2.75) is 32.4 Å². The number of nitrogens with two attached hydrogens (primary N) is 1. The van der Waals surface area contributed by atoms with Gasteiger partial charge in [-0.1, -0.05) is 37.8 Å². The molecule has 1 heterocycles. The summed E-state index contributed by atoms with van der Waals surface area (Å²) in [6, 6.07) is 2.77. The number of fused-ring (bicyclic) bond motifs is 1. The Hall–Kier alpha value is -2.00. The molecule has 1 aromatic carbocycles. The van der Waals surface area contributed by atoms with Crippen molar-refractivity contribution < 1.29 is 18.0 Å². The average molecular weight is 385 g/mol. The maximum absolute atomic E-state index is 12.6. The molecule has 0 saturated carbocycles. The van der Waals surface area contributed by atoms with Gasteiger partial charge in [-0.25, -0.2) is 10.8 Å². The molecule has 2 radical (unpaired) electrons. The van der Waals surface area contributed by atoms with Gasteiger partial charge in [0.25, 0.3) is 5.91 Å². The molecule has 5 nitrogen and oxygen atoms in total. The van der Waals surface area contributed by atoms with Crippen LogP contribution in [0.5, 0.6) is 0 Å². The maximum Gasteiger partial charge on any atom is 0.405 e. The van der Waals surface area contributed by atoms with Crippen LogP contribution in [-0.4, -0.2) is 31.5 Å². The number of nitrogens with zero attached hydrogens (tertiary/aromatic N) is 1. The first-order valence-electron chi connectivity index (χ1n) is 7.60. The van der Waals surface area contributed by atoms with E-state index in [0.29, 0.717) is 11.1 Å². The summed E-state index contributed by atoms with van der Waals surface area (Å²) < 4.78 is 37.7. The van der Waals surface area contributed by atoms with Crippen molar-refractivity contribution in [3.05, 3.63) is 28.4 Å². The molecule has 0 spiro atoms. The van der Waals surface area contributed by atoms with Crippen LogP contribution in [0.2, 0.25) is 5.02 Å². The number of benzene rings is 1. The molecule has 0 fully saturated rings. The summed E-state index contributed by atoms with van der Waals surface area (Å²) in [6.07, 6.45) is -4.41. The van der Waals surface area contributed by atoms with Crippen molar-refractivity contribution >= 4 is 47.4 Å². The lowest BCUT2D eigenvalue weighted by molar-refractivity contribution is -0.115. The molecule has 4 N–H and O–H groups in total. The van der Waals surface area contributed by atoms with Crippen LogP contribution in [0.15, 0.2) is 12.1 Å². The first-order valence-corrected chi connectivity index (χ1v) is 7.97. The first-order chi connectivity index (χ1) is 11.8. The van der Waals surface area contributed by atoms with E-state index in [2.05, 4.69) is 10.3 Å². The number of alkyl halides is 3. The van der Waals surface area contributed by atoms with Crippen LogP contribution in [0.1, 0.15) is 36.8 Å². The highest BCUT2D eigenvalue weighted by molar-refractivity contribution is 6.46. The Labute approximate surface area is 154 Å². The highest BCUT2D eigenvalue weighted by atomic mass is 35.5. The van der Waals surface area contributed by atoms with Gasteiger partial charge in [0, 0.05) is 5.39 Å². The highest BCUT2D eigenvalue weighted by Crippen LogP contribution is 2.37. The van der Waals surface area contributed by atoms with E-state index in [4.69, 9.17) is 25.3 Å². The van der Waals surface area contributed by atoms with E-state index in [1.165, 1.54) is 12.1 Å². The number of amides is 1. The van der Waals surface area contributed by atoms with Crippen LogP contribution < -0.4 is 22.0 Å². The van der Waals surface area contributed by atoms with Crippen LogP contribution >= 0.6 is 11.6 Å². The number of hydrogen-bond acceptors (Lipinski definition) is 4. The summed E-state index contributed by atoms with van der Waals surface area (Å²) in [4.78, 5) is 16.1. The molecule has 1 amide bonds. The zero-order valence-corrected chi connectivity index (χ0v) is 15.1. The Morgan fingerprint density at radius 2 is 1.92 bits per heavy atom. The number of rotatable bonds is 3. The van der Waals surface area contributed by atoms with E-state index in [9.17, 15) is 18.0 Å². The fraction of sp³-hybridized carbons (Fsp3) is 0.375. The number of hydrazine groups is 1. The standard InChI is InChI=1S/C16H17BClF3N4O/c1-15(2,3)7-4-9(23-6-16(19,20)21)12(18)11-8(17)5-10(14(26)25-22)24-13(7)11/h4-5,23H,6,22H2,1-3H3,(H,25,26). The Balaban J connectivity index is 2.78. The van der Waals surface area contributed by atoms with Gasteiger partial charge in [0.2, 0.25) is 0 Å². The third-order valence-corrected chi connectivity index (χ3v) is 4.09. The first kappa shape index (κ1) is 20.3. The number of hydrogen-bond donors (Lipinski definition) is 3. The molecule has 0 unspecified atom stereocenters. The minimum Gasteiger partial charge on any atom is -0.375 e. The molecule has 1 aromatic heterocycles. The lowest BCUT2D eigenvalue weighted by atomic mass is 9.82. The van der Waals surface area contributed by atoms with Gasteiger partial charge in [-0.3, -0.25) is 10.2 Å². The van der Waals surface area contributed by atoms with Crippen molar-refractivity contribution in [2.24, 2.45) is 5.84 Å². The molecule has 0 aliphatic heterocycles. The molecule has 138 valence electrons. The van der Waals surface area contributed by atoms with Crippen LogP contribution in [0.3, 0.4) is 0 Å². The number of aromatic nitrogens is 1. The van der Waals surface area contributed by atoms with Crippen molar-refractivity contribution in [1.29, 1.82) is 0 Å². The Morgan fingerprint density at radius 3 is 2.42 bits per heavy atom. The molecule has 0 saturated heterocycles. The second-order valence-electron chi connectivity index (χ2n) is 6.80. The van der Waals surface area contributed by atoms with Crippen molar-refractivity contribution in [3.63, 3.8) is 0 Å². The monoisotopic (exact) mass is 384 g/mol. The lowest BCUT2D eigenvalue weighted by Crippen LogP contribution is -2.32. The summed E-state index contributed by atoms with van der Waals surface area (Å²) in [7, 11) is 6.02. The minimum atomic E-state index is -4.41. The number of anilines is 1. The maximum atomic E-state index is 12.6. The molecule has 2 rings (SSSR count). The molecule has 0 atom stereocenters. The molecular formula is C16H17BClF3N4O. The summed E-state index contributed by atoms with van der Waals surface area (Å²) >= 11 is 6.29. The number of halogens is 4. The number of nitrogens with one attached hydrogen (secondary N) is 2. The Kier molecular flexibility index (Phi) is 5.44. The minimum absolute atomic E-state index is 0.00181. The highest BCUT2D eigenvalue weighted by Gasteiger charge is 2.29. The predicted octanol–water partition coefficient (Wildman–Crippen LogP) is 2.56. The number of nitrogen functional groups attached to an aromatic ring is 1. The van der Waals surface area contributed by atoms with Gasteiger partial charge in [-0.15, -0.1) is 0 Å². The van der Waals surface area contributed by atoms with Crippen LogP contribution in [0.4, 0.5) is 18.9 Å². The molecule has 2 aromatic rings. The zero-order chi connectivity index (χ0) is 19.9. The van der Waals surface area contributed by atoms with E-state index in [1.54, 1.807) is 0 Å². The molecule has 26 heavy (non-hydrogen) atoms. The Morgan fingerprint density at radius 1 is 1.31 bits per heavy atom. The molecule has 0 aliphatic rings. The smallest absolute Gasteiger partial charge is 0.375 e. The third-order valence-electron chi connectivity index (χ3n) is 3.70. The fourth-order valence-electron chi connectivity index (χ4n) is 2.49. The number of carbonyl (C=O) groups excluding carboxylic acids is 1. The van der Waals surface area contributed by atoms with Crippen LogP contribution in [-0.2, 0) is 5.41 Å². The van der Waals surface area contributed by atoms with E-state index in [1.807, 2.05) is 26.2 Å². The van der Waals surface area contributed by atoms with Gasteiger partial charge in [-0.2, -0.15) is 13.2 Å². The van der Waals surface area contributed by atoms with Crippen LogP contribution in [0, 0.1) is 0 Å². The normalized spacial score (nSPS) is 12.3. The molecule has 10 heteroatoms. The lowest BCUT2D eigenvalue weighted by Gasteiger charge is -2.24. The Bertz CT molecular complexity index is 865. The van der Waals surface area contributed by atoms with Crippen molar-refractivity contribution in [2.75, 3.05) is 11.9 Å². The van der Waals surface area contributed by atoms with Crippen molar-refractivity contribution in [3.8, 4) is 0 Å². The number of pyridine rings is 1. The van der Waals surface area contributed by atoms with Crippen molar-refractivity contribution in [1.82, 2.24) is 10.4 Å². The summed E-state index contributed by atoms with van der Waals surface area (Å²) in [5, 5.41) is 2.57. The van der Waals surface area contributed by atoms with Gasteiger partial charge in [-0.05, 0) is 23.1 Å². The van der Waals surface area contributed by atoms with Crippen LogP contribution in [0.25, 0.3) is 10.9 Å². The van der Waals surface area contributed by atoms with E-state index >= 15 is 0 Å². The molecule has 0 aliphatic carbocycles. The van der Waals surface area contributed by atoms with Gasteiger partial charge < -0.3 is 5.32 Å². The fourth-order valence-corrected chi connectivity index (χ4v) is 2.81. The van der Waals surface area contributed by atoms with E-state index in [0.717, 1.165) is 0 Å². The summed E-state index contributed by atoms with van der Waals surface area (Å²) in [5.41, 5.74) is 2.56. The third kappa shape index (κ3) is 4.21.